The van der Waals surface area contributed by atoms with Gasteiger partial charge in [0.15, 0.2) is 0 Å². The number of thioether (sulfide) groups is 2. The van der Waals surface area contributed by atoms with Gasteiger partial charge in [0, 0.05) is 8.96 Å². The lowest BCUT2D eigenvalue weighted by atomic mass is 9.92. The molecule has 0 aromatic heterocycles. The van der Waals surface area contributed by atoms with E-state index in [1.807, 2.05) is 23.5 Å². The molecule has 0 N–H and O–H groups in total. The zero-order valence-corrected chi connectivity index (χ0v) is 27.3. The third-order valence-corrected chi connectivity index (χ3v) is 16.6. The fraction of sp³-hybridized carbons (Fsp3) is 0.333. The predicted octanol–water partition coefficient (Wildman–Crippen LogP) is 10.3. The molecule has 0 nitrogen and oxygen atoms in total. The molecule has 4 aliphatic carbocycles. The lowest BCUT2D eigenvalue weighted by Crippen LogP contribution is -2.36. The summed E-state index contributed by atoms with van der Waals surface area (Å²) in [6, 6.07) is 0. The Bertz CT molecular complexity index is 1370. The van der Waals surface area contributed by atoms with Gasteiger partial charge in [-0.3, -0.25) is 0 Å². The highest BCUT2D eigenvalue weighted by Gasteiger charge is 2.46. The van der Waals surface area contributed by atoms with Crippen LogP contribution < -0.4 is 0 Å². The van der Waals surface area contributed by atoms with Crippen molar-refractivity contribution in [2.24, 2.45) is 0 Å². The monoisotopic (exact) mass is 640 g/mol. The van der Waals surface area contributed by atoms with Crippen molar-refractivity contribution >= 4 is 63.5 Å². The van der Waals surface area contributed by atoms with Crippen LogP contribution in [-0.2, 0) is 0 Å². The number of halogens is 2. The van der Waals surface area contributed by atoms with Crippen LogP contribution in [0.25, 0.3) is 0 Å². The van der Waals surface area contributed by atoms with Crippen LogP contribution in [0.4, 0.5) is 0 Å². The second-order valence-electron chi connectivity index (χ2n) is 10.9. The van der Waals surface area contributed by atoms with E-state index in [0.717, 1.165) is 0 Å². The van der Waals surface area contributed by atoms with E-state index >= 15 is 0 Å². The molecule has 180 valence electrons. The summed E-state index contributed by atoms with van der Waals surface area (Å²) in [7, 11) is -2.01. The summed E-state index contributed by atoms with van der Waals surface area (Å²) in [5.41, 5.74) is 14.5. The summed E-state index contributed by atoms with van der Waals surface area (Å²) >= 11 is 12.1. The molecule has 0 saturated heterocycles. The Morgan fingerprint density at radius 3 is 1.37 bits per heavy atom. The van der Waals surface area contributed by atoms with Crippen LogP contribution >= 0.6 is 55.4 Å². The van der Waals surface area contributed by atoms with E-state index in [-0.39, 0.29) is 0 Å². The second-order valence-corrected chi connectivity index (χ2v) is 19.5. The fourth-order valence-corrected chi connectivity index (χ4v) is 15.6. The first-order valence-electron chi connectivity index (χ1n) is 12.2. The molecule has 2 atom stereocenters. The number of allylic oxidation sites excluding steroid dienone is 16. The van der Waals surface area contributed by atoms with Crippen molar-refractivity contribution in [1.29, 1.82) is 0 Å². The third kappa shape index (κ3) is 3.30. The first-order valence-corrected chi connectivity index (χ1v) is 18.6. The van der Waals surface area contributed by atoms with Gasteiger partial charge in [0.2, 0.25) is 0 Å². The SMILES string of the molecule is CC1=C([Si](C)(C)C2=C(C)C=C3C2=CC2SC(C)=C(C)C2=C3Br)C2=CC3SC(C)=C(C)C3=C(Br)C2=C1. The van der Waals surface area contributed by atoms with Crippen molar-refractivity contribution in [3.63, 3.8) is 0 Å². The lowest BCUT2D eigenvalue weighted by molar-refractivity contribution is 1.18. The molecule has 35 heavy (non-hydrogen) atoms. The molecule has 2 heterocycles. The van der Waals surface area contributed by atoms with Crippen LogP contribution in [0.5, 0.6) is 0 Å². The first-order chi connectivity index (χ1) is 16.4. The van der Waals surface area contributed by atoms with E-state index in [9.17, 15) is 0 Å². The normalized spacial score (nSPS) is 28.1. The maximum atomic E-state index is 4.05. The van der Waals surface area contributed by atoms with Crippen LogP contribution in [0.3, 0.4) is 0 Å². The van der Waals surface area contributed by atoms with Crippen molar-refractivity contribution in [3.8, 4) is 0 Å². The molecule has 2 unspecified atom stereocenters. The van der Waals surface area contributed by atoms with Gasteiger partial charge in [0.05, 0.1) is 10.5 Å². The van der Waals surface area contributed by atoms with Gasteiger partial charge >= 0.3 is 0 Å². The zero-order chi connectivity index (χ0) is 25.1. The van der Waals surface area contributed by atoms with Gasteiger partial charge in [-0.2, -0.15) is 0 Å². The summed E-state index contributed by atoms with van der Waals surface area (Å²) in [6.45, 7) is 18.9. The van der Waals surface area contributed by atoms with Gasteiger partial charge in [-0.25, -0.2) is 0 Å². The van der Waals surface area contributed by atoms with Crippen molar-refractivity contribution < 1.29 is 0 Å². The van der Waals surface area contributed by atoms with Crippen molar-refractivity contribution in [3.05, 3.63) is 109 Å². The molecule has 5 heteroatoms. The summed E-state index contributed by atoms with van der Waals surface area (Å²) in [5, 5.41) is 4.09. The molecule has 6 aliphatic rings. The molecule has 0 fully saturated rings. The maximum Gasteiger partial charge on any atom is 0.114 e. The summed E-state index contributed by atoms with van der Waals surface area (Å²) < 4.78 is 2.62. The average Bonchev–Trinajstić information content (AvgIpc) is 3.46. The van der Waals surface area contributed by atoms with Gasteiger partial charge in [-0.1, -0.05) is 48.5 Å². The summed E-state index contributed by atoms with van der Waals surface area (Å²) in [4.78, 5) is 2.91. The third-order valence-electron chi connectivity index (χ3n) is 8.50. The zero-order valence-electron chi connectivity index (χ0n) is 21.5. The smallest absolute Gasteiger partial charge is 0.114 e. The Labute approximate surface area is 236 Å². The quantitative estimate of drug-likeness (QED) is 0.275. The molecule has 0 radical (unpaired) electrons. The topological polar surface area (TPSA) is 0 Å². The molecule has 0 amide bonds. The van der Waals surface area contributed by atoms with Crippen LogP contribution in [0.1, 0.15) is 41.5 Å². The molecule has 0 spiro atoms. The van der Waals surface area contributed by atoms with Crippen molar-refractivity contribution in [2.45, 2.75) is 65.1 Å². The summed E-state index contributed by atoms with van der Waals surface area (Å²) in [6.07, 6.45) is 10.0. The van der Waals surface area contributed by atoms with E-state index < -0.39 is 8.07 Å². The summed E-state index contributed by atoms with van der Waals surface area (Å²) in [5.74, 6) is 0. The number of fused-ring (bicyclic) bond motifs is 4. The first kappa shape index (κ1) is 24.6. The largest absolute Gasteiger partial charge is 0.118 e. The van der Waals surface area contributed by atoms with E-state index in [4.69, 9.17) is 0 Å². The maximum absolute atomic E-state index is 4.05. The van der Waals surface area contributed by atoms with Crippen molar-refractivity contribution in [1.82, 2.24) is 0 Å². The van der Waals surface area contributed by atoms with Gasteiger partial charge in [0.25, 0.3) is 0 Å². The molecule has 0 bridgehead atoms. The minimum atomic E-state index is -2.01. The highest BCUT2D eigenvalue weighted by molar-refractivity contribution is 9.12. The van der Waals surface area contributed by atoms with Crippen LogP contribution in [0.15, 0.2) is 109 Å². The number of rotatable bonds is 2. The van der Waals surface area contributed by atoms with E-state index in [2.05, 4.69) is 111 Å². The van der Waals surface area contributed by atoms with E-state index in [1.165, 1.54) is 74.5 Å². The van der Waals surface area contributed by atoms with Crippen LogP contribution in [-0.4, -0.2) is 18.6 Å². The molecule has 6 rings (SSSR count). The molecular formula is C30H30Br2S2Si. The van der Waals surface area contributed by atoms with E-state index in [0.29, 0.717) is 10.5 Å². The minimum absolute atomic E-state index is 0.426. The Balaban J connectivity index is 1.43. The van der Waals surface area contributed by atoms with E-state index in [1.54, 1.807) is 10.4 Å². The van der Waals surface area contributed by atoms with Gasteiger partial charge < -0.3 is 0 Å². The fourth-order valence-electron chi connectivity index (χ4n) is 6.81. The molecule has 0 aromatic carbocycles. The van der Waals surface area contributed by atoms with Gasteiger partial charge in [-0.15, -0.1) is 23.5 Å². The predicted molar refractivity (Wildman–Crippen MR) is 167 cm³/mol. The number of hydrogen-bond acceptors (Lipinski definition) is 2. The molecule has 2 aliphatic heterocycles. The van der Waals surface area contributed by atoms with Crippen LogP contribution in [0, 0.1) is 0 Å². The minimum Gasteiger partial charge on any atom is -0.118 e. The van der Waals surface area contributed by atoms with Gasteiger partial charge in [-0.05, 0) is 138 Å². The second kappa shape index (κ2) is 8.14. The van der Waals surface area contributed by atoms with Gasteiger partial charge in [0.1, 0.15) is 8.07 Å². The highest BCUT2D eigenvalue weighted by atomic mass is 79.9. The Morgan fingerprint density at radius 1 is 0.629 bits per heavy atom. The average molecular weight is 643 g/mol. The molecular weight excluding hydrogens is 612 g/mol. The Morgan fingerprint density at radius 2 is 1.00 bits per heavy atom. The Hall–Kier alpha value is -0.723. The lowest BCUT2D eigenvalue weighted by Gasteiger charge is -2.34. The van der Waals surface area contributed by atoms with Crippen molar-refractivity contribution in [2.75, 3.05) is 0 Å². The molecule has 0 saturated carbocycles. The standard InChI is InChI=1S/C30H30Br2S2Si/c1-13-9-19-21(11-23-25(27(19)31)15(3)17(5)33-23)29(13)35(7,8)30-14(2)10-20-22(30)12-24-26(28(20)32)16(4)18(6)34-24/h9-12,23-24H,1-8H3. The Kier molecular flexibility index (Phi) is 5.72. The highest BCUT2D eigenvalue weighted by Crippen LogP contribution is 2.58. The molecule has 0 aromatic rings. The number of hydrogen-bond donors (Lipinski definition) is 0. The van der Waals surface area contributed by atoms with Crippen LogP contribution in [0.2, 0.25) is 13.1 Å².